The van der Waals surface area contributed by atoms with Crippen molar-refractivity contribution in [3.63, 3.8) is 0 Å². The number of hydrogen-bond acceptors (Lipinski definition) is 6. The topological polar surface area (TPSA) is 133 Å². The summed E-state index contributed by atoms with van der Waals surface area (Å²) in [6.07, 6.45) is -5.00. The van der Waals surface area contributed by atoms with Crippen molar-refractivity contribution in [2.24, 2.45) is 5.73 Å². The van der Waals surface area contributed by atoms with Crippen molar-refractivity contribution in [1.82, 2.24) is 10.2 Å². The summed E-state index contributed by atoms with van der Waals surface area (Å²) >= 11 is 0. The summed E-state index contributed by atoms with van der Waals surface area (Å²) in [6, 6.07) is 3.43. The summed E-state index contributed by atoms with van der Waals surface area (Å²) in [6.45, 7) is 2.57. The third-order valence-electron chi connectivity index (χ3n) is 4.57. The average molecular weight is 436 g/mol. The van der Waals surface area contributed by atoms with Crippen molar-refractivity contribution >= 4 is 29.4 Å². The summed E-state index contributed by atoms with van der Waals surface area (Å²) in [4.78, 5) is 38.2. The number of aromatic nitrogens is 2. The molecule has 0 atom stereocenters. The van der Waals surface area contributed by atoms with Gasteiger partial charge in [-0.15, -0.1) is 10.2 Å². The highest BCUT2D eigenvalue weighted by Gasteiger charge is 2.54. The van der Waals surface area contributed by atoms with Crippen molar-refractivity contribution in [2.75, 3.05) is 9.80 Å². The predicted octanol–water partition coefficient (Wildman–Crippen LogP) is 2.36. The minimum absolute atomic E-state index is 0.147. The molecule has 1 fully saturated rings. The van der Waals surface area contributed by atoms with Crippen LogP contribution >= 0.6 is 0 Å². The normalized spacial score (nSPS) is 15.9. The lowest BCUT2D eigenvalue weighted by Gasteiger charge is -2.27. The largest absolute Gasteiger partial charge is 0.419 e. The first-order valence-electron chi connectivity index (χ1n) is 8.43. The van der Waals surface area contributed by atoms with Gasteiger partial charge in [-0.2, -0.15) is 18.4 Å². The molecule has 0 radical (unpaired) electrons. The van der Waals surface area contributed by atoms with E-state index in [0.717, 1.165) is 23.1 Å². The lowest BCUT2D eigenvalue weighted by atomic mass is 10.0. The monoisotopic (exact) mass is 436 g/mol. The zero-order valence-corrected chi connectivity index (χ0v) is 15.9. The second kappa shape index (κ2) is 7.01. The number of primary amides is 1. The van der Waals surface area contributed by atoms with Gasteiger partial charge in [0.25, 0.3) is 11.8 Å². The van der Waals surface area contributed by atoms with Gasteiger partial charge in [0.05, 0.1) is 11.1 Å². The van der Waals surface area contributed by atoms with Gasteiger partial charge in [-0.3, -0.25) is 14.5 Å². The second-order valence-corrected chi connectivity index (χ2v) is 6.92. The van der Waals surface area contributed by atoms with E-state index in [1.165, 1.54) is 19.9 Å². The summed E-state index contributed by atoms with van der Waals surface area (Å²) in [5.74, 6) is -3.84. The molecule has 1 aliphatic rings. The number of nitrogens with two attached hydrogens (primary N) is 1. The van der Waals surface area contributed by atoms with E-state index in [9.17, 15) is 31.9 Å². The van der Waals surface area contributed by atoms with E-state index >= 15 is 0 Å². The number of hydrogen-bond donors (Lipinski definition) is 1. The van der Waals surface area contributed by atoms with E-state index in [1.807, 2.05) is 0 Å². The first-order valence-corrected chi connectivity index (χ1v) is 8.43. The summed E-state index contributed by atoms with van der Waals surface area (Å²) in [5, 5.41) is 15.4. The molecule has 9 nitrogen and oxygen atoms in total. The summed E-state index contributed by atoms with van der Waals surface area (Å²) in [5.41, 5.74) is 0.267. The highest BCUT2D eigenvalue weighted by Crippen LogP contribution is 2.38. The maximum atomic E-state index is 14.2. The van der Waals surface area contributed by atoms with Gasteiger partial charge >= 0.3 is 12.2 Å². The maximum absolute atomic E-state index is 14.2. The number of carbonyl (C=O) groups is 3. The molecule has 0 bridgehead atoms. The van der Waals surface area contributed by atoms with Gasteiger partial charge in [0.15, 0.2) is 11.5 Å². The van der Waals surface area contributed by atoms with E-state index in [-0.39, 0.29) is 5.69 Å². The fraction of sp³-hybridized carbons (Fsp3) is 0.222. The van der Waals surface area contributed by atoms with Crippen LogP contribution in [0.15, 0.2) is 24.3 Å². The highest BCUT2D eigenvalue weighted by molar-refractivity contribution is 6.29. The van der Waals surface area contributed by atoms with Crippen LogP contribution in [0.25, 0.3) is 0 Å². The van der Waals surface area contributed by atoms with Crippen molar-refractivity contribution < 1.29 is 31.9 Å². The predicted molar refractivity (Wildman–Crippen MR) is 96.1 cm³/mol. The van der Waals surface area contributed by atoms with Crippen LogP contribution in [0, 0.1) is 17.1 Å². The molecule has 0 spiro atoms. The summed E-state index contributed by atoms with van der Waals surface area (Å²) < 4.78 is 53.9. The molecule has 2 N–H and O–H groups in total. The van der Waals surface area contributed by atoms with Crippen LogP contribution in [0.3, 0.4) is 0 Å². The quantitative estimate of drug-likeness (QED) is 0.580. The minimum Gasteiger partial charge on any atom is -0.366 e. The van der Waals surface area contributed by atoms with Crippen LogP contribution in [0.5, 0.6) is 0 Å². The first-order chi connectivity index (χ1) is 14.3. The molecular formula is C18H12F4N6O3. The molecular weight excluding hydrogens is 424 g/mol. The standard InChI is InChI=1S/C18H12F4N6O3/c1-17(2)15(30)27(13-6-10(18(20,21)22)12(7-23)25-26-13)16(31)28(17)8-3-4-9(14(24)29)11(19)5-8/h3-6H,1-2H3,(H2,24,29). The molecule has 2 aromatic rings. The number of amides is 4. The molecule has 3 rings (SSSR count). The van der Waals surface area contributed by atoms with Crippen LogP contribution in [0.4, 0.5) is 33.9 Å². The van der Waals surface area contributed by atoms with Crippen molar-refractivity contribution in [1.29, 1.82) is 5.26 Å². The number of urea groups is 1. The lowest BCUT2D eigenvalue weighted by molar-refractivity contribution is -0.138. The molecule has 31 heavy (non-hydrogen) atoms. The fourth-order valence-electron chi connectivity index (χ4n) is 3.06. The Hall–Kier alpha value is -4.08. The Labute approximate surface area is 171 Å². The first kappa shape index (κ1) is 21.6. The Morgan fingerprint density at radius 3 is 2.35 bits per heavy atom. The van der Waals surface area contributed by atoms with Crippen LogP contribution < -0.4 is 15.5 Å². The van der Waals surface area contributed by atoms with E-state index < -0.39 is 58.0 Å². The van der Waals surface area contributed by atoms with Crippen LogP contribution in [0.1, 0.15) is 35.5 Å². The SMILES string of the molecule is CC1(C)C(=O)N(c2cc(C(F)(F)F)c(C#N)nn2)C(=O)N1c1ccc(C(N)=O)c(F)c1. The van der Waals surface area contributed by atoms with Gasteiger partial charge in [0.1, 0.15) is 17.4 Å². The molecule has 1 aromatic heterocycles. The molecule has 13 heteroatoms. The van der Waals surface area contributed by atoms with Crippen LogP contribution in [-0.4, -0.2) is 33.6 Å². The molecule has 4 amide bonds. The number of benzene rings is 1. The van der Waals surface area contributed by atoms with Gasteiger partial charge in [0, 0.05) is 5.69 Å². The van der Waals surface area contributed by atoms with Gasteiger partial charge < -0.3 is 5.73 Å². The van der Waals surface area contributed by atoms with Crippen LogP contribution in [0.2, 0.25) is 0 Å². The molecule has 1 aliphatic heterocycles. The van der Waals surface area contributed by atoms with Crippen molar-refractivity contribution in [3.8, 4) is 6.07 Å². The van der Waals surface area contributed by atoms with Gasteiger partial charge in [0.2, 0.25) is 0 Å². The number of anilines is 2. The average Bonchev–Trinajstić information content (AvgIpc) is 2.84. The number of alkyl halides is 3. The van der Waals surface area contributed by atoms with Gasteiger partial charge in [-0.05, 0) is 38.1 Å². The van der Waals surface area contributed by atoms with Gasteiger partial charge in [-0.1, -0.05) is 0 Å². The third-order valence-corrected chi connectivity index (χ3v) is 4.57. The Bertz CT molecular complexity index is 1170. The van der Waals surface area contributed by atoms with Crippen LogP contribution in [-0.2, 0) is 11.0 Å². The van der Waals surface area contributed by atoms with E-state index in [1.54, 1.807) is 0 Å². The zero-order valence-electron chi connectivity index (χ0n) is 15.9. The Morgan fingerprint density at radius 1 is 1.19 bits per heavy atom. The zero-order chi connectivity index (χ0) is 23.3. The number of nitrogens with zero attached hydrogens (tertiary/aromatic N) is 5. The Balaban J connectivity index is 2.12. The molecule has 1 saturated heterocycles. The molecule has 0 unspecified atom stereocenters. The number of halogens is 4. The van der Waals surface area contributed by atoms with E-state index in [2.05, 4.69) is 10.2 Å². The number of rotatable bonds is 3. The Morgan fingerprint density at radius 2 is 1.84 bits per heavy atom. The lowest BCUT2D eigenvalue weighted by Crippen LogP contribution is -2.44. The Kier molecular flexibility index (Phi) is 4.89. The maximum Gasteiger partial charge on any atom is 0.419 e. The number of imide groups is 1. The molecule has 160 valence electrons. The molecule has 2 heterocycles. The van der Waals surface area contributed by atoms with Crippen molar-refractivity contribution in [2.45, 2.75) is 25.6 Å². The smallest absolute Gasteiger partial charge is 0.366 e. The van der Waals surface area contributed by atoms with E-state index in [0.29, 0.717) is 11.0 Å². The van der Waals surface area contributed by atoms with Gasteiger partial charge in [-0.25, -0.2) is 14.1 Å². The molecule has 1 aromatic carbocycles. The summed E-state index contributed by atoms with van der Waals surface area (Å²) in [7, 11) is 0. The molecule has 0 aliphatic carbocycles. The molecule has 0 saturated carbocycles. The highest BCUT2D eigenvalue weighted by atomic mass is 19.4. The fourth-order valence-corrected chi connectivity index (χ4v) is 3.06. The van der Waals surface area contributed by atoms with E-state index in [4.69, 9.17) is 11.0 Å². The minimum atomic E-state index is -5.00. The third kappa shape index (κ3) is 3.41. The second-order valence-electron chi connectivity index (χ2n) is 6.92. The number of nitriles is 1. The number of carbonyl (C=O) groups excluding carboxylic acids is 3. The van der Waals surface area contributed by atoms with Crippen molar-refractivity contribution in [3.05, 3.63) is 46.9 Å².